The van der Waals surface area contributed by atoms with Crippen LogP contribution in [-0.2, 0) is 33.2 Å². The molecule has 2 aromatic carbocycles. The fourth-order valence-electron chi connectivity index (χ4n) is 7.42. The number of aliphatic carboxylic acids is 1. The van der Waals surface area contributed by atoms with Gasteiger partial charge in [-0.15, -0.1) is 0 Å². The topological polar surface area (TPSA) is 124 Å². The summed E-state index contributed by atoms with van der Waals surface area (Å²) in [4.78, 5) is 27.0. The number of aromatic nitrogens is 2. The zero-order valence-electron chi connectivity index (χ0n) is 21.6. The molecule has 1 saturated heterocycles. The summed E-state index contributed by atoms with van der Waals surface area (Å²) in [5, 5.41) is 22.0. The normalized spacial score (nSPS) is 27.5. The lowest BCUT2D eigenvalue weighted by molar-refractivity contribution is -0.671. The molecular weight excluding hydrogens is 520 g/mol. The predicted molar refractivity (Wildman–Crippen MR) is 140 cm³/mol. The van der Waals surface area contributed by atoms with Crippen LogP contribution in [0, 0.1) is 11.8 Å². The van der Waals surface area contributed by atoms with Crippen molar-refractivity contribution in [3.63, 3.8) is 0 Å². The van der Waals surface area contributed by atoms with Crippen LogP contribution in [0.4, 0.5) is 5.69 Å². The molecule has 2 N–H and O–H groups in total. The van der Waals surface area contributed by atoms with Crippen molar-refractivity contribution in [3.05, 3.63) is 65.9 Å². The minimum atomic E-state index is -3.99. The molecule has 4 heterocycles. The monoisotopic (exact) mass is 549 g/mol. The number of aryl methyl sites for hydroxylation is 1. The Labute approximate surface area is 225 Å². The van der Waals surface area contributed by atoms with Gasteiger partial charge in [0.2, 0.25) is 12.2 Å². The van der Waals surface area contributed by atoms with Gasteiger partial charge < -0.3 is 15.1 Å². The zero-order valence-corrected chi connectivity index (χ0v) is 22.4. The molecule has 4 aliphatic rings. The van der Waals surface area contributed by atoms with Gasteiger partial charge in [0.15, 0.2) is 0 Å². The van der Waals surface area contributed by atoms with E-state index in [1.165, 1.54) is 9.21 Å². The van der Waals surface area contributed by atoms with E-state index in [4.69, 9.17) is 0 Å². The number of hydrogen-bond acceptors (Lipinski definition) is 5. The molecule has 5 unspecified atom stereocenters. The molecule has 11 heteroatoms. The molecule has 3 aromatic rings. The number of carboxylic acids is 1. The number of aliphatic hydroxyl groups excluding tert-OH is 1. The first-order chi connectivity index (χ1) is 18.6. The van der Waals surface area contributed by atoms with Gasteiger partial charge >= 0.3 is 5.97 Å². The van der Waals surface area contributed by atoms with Gasteiger partial charge in [-0.1, -0.05) is 24.6 Å². The highest BCUT2D eigenvalue weighted by molar-refractivity contribution is 7.93. The number of β-lactam (4-membered cyclic amide) rings is 1. The number of imidazole rings is 1. The standard InChI is InChI=1S/C28H28N4O6S/c1-15(33)22-25-18-6-4-8-20(24(18)26(28(35)36)31(25)27(22)34)32-19-7-3-5-17-16(13-30-12-11-29(2)14-30)9-10-21(23(17)19)39(32,37)38/h3,5,7,9-12,14-15,18,20,22,25,33H,4,6,8,13H2,1-2H3/p+1. The molecule has 1 aliphatic carbocycles. The highest BCUT2D eigenvalue weighted by atomic mass is 32.2. The molecule has 7 rings (SSSR count). The first-order valence-electron chi connectivity index (χ1n) is 13.2. The summed E-state index contributed by atoms with van der Waals surface area (Å²) in [7, 11) is -2.05. The Bertz CT molecular complexity index is 1720. The third-order valence-corrected chi connectivity index (χ3v) is 10.8. The van der Waals surface area contributed by atoms with Crippen molar-refractivity contribution in [2.24, 2.45) is 18.9 Å². The number of benzene rings is 2. The Morgan fingerprint density at radius 3 is 2.69 bits per heavy atom. The second-order valence-electron chi connectivity index (χ2n) is 11.1. The Kier molecular flexibility index (Phi) is 5.09. The van der Waals surface area contributed by atoms with Gasteiger partial charge in [-0.05, 0) is 42.9 Å². The highest BCUT2D eigenvalue weighted by Crippen LogP contribution is 2.55. The highest BCUT2D eigenvalue weighted by Gasteiger charge is 2.63. The Hall–Kier alpha value is -3.70. The van der Waals surface area contributed by atoms with Crippen molar-refractivity contribution < 1.29 is 32.8 Å². The van der Waals surface area contributed by atoms with Crippen LogP contribution in [0.3, 0.4) is 0 Å². The minimum Gasteiger partial charge on any atom is -0.477 e. The van der Waals surface area contributed by atoms with Gasteiger partial charge in [0.25, 0.3) is 10.0 Å². The number of amides is 1. The van der Waals surface area contributed by atoms with Gasteiger partial charge in [0, 0.05) is 16.9 Å². The lowest BCUT2D eigenvalue weighted by atomic mass is 9.71. The summed E-state index contributed by atoms with van der Waals surface area (Å²) in [6.45, 7) is 2.12. The molecular formula is C28H29N4O6S+. The quantitative estimate of drug-likeness (QED) is 0.369. The van der Waals surface area contributed by atoms with E-state index in [1.807, 2.05) is 53.1 Å². The number of aliphatic hydroxyl groups is 1. The summed E-state index contributed by atoms with van der Waals surface area (Å²) in [6.07, 6.45) is 6.72. The smallest absolute Gasteiger partial charge is 0.352 e. The van der Waals surface area contributed by atoms with Crippen molar-refractivity contribution in [1.82, 2.24) is 9.47 Å². The first-order valence-corrected chi connectivity index (χ1v) is 14.6. The number of fused-ring (bicyclic) bond motifs is 3. The van der Waals surface area contributed by atoms with E-state index in [-0.39, 0.29) is 16.5 Å². The van der Waals surface area contributed by atoms with Crippen molar-refractivity contribution in [2.45, 2.75) is 55.8 Å². The summed E-state index contributed by atoms with van der Waals surface area (Å²) in [5.74, 6) is -2.65. The van der Waals surface area contributed by atoms with Crippen molar-refractivity contribution in [3.8, 4) is 0 Å². The van der Waals surface area contributed by atoms with Crippen LogP contribution >= 0.6 is 0 Å². The SMILES string of the molecule is CC(O)C1C(=O)N2C(C(=O)O)=C3C(CCCC3N3c4cccc5c(Cn6cc[n+](C)c6)ccc(c45)S3(=O)=O)C12. The number of carbonyl (C=O) groups excluding carboxylic acids is 1. The largest absolute Gasteiger partial charge is 0.477 e. The first kappa shape index (κ1) is 24.3. The molecule has 5 atom stereocenters. The molecule has 10 nitrogen and oxygen atoms in total. The molecule has 0 radical (unpaired) electrons. The number of hydrogen-bond donors (Lipinski definition) is 2. The molecule has 202 valence electrons. The number of sulfonamides is 1. The summed E-state index contributed by atoms with van der Waals surface area (Å²) in [5.41, 5.74) is 1.89. The number of rotatable bonds is 5. The molecule has 1 amide bonds. The molecule has 2 fully saturated rings. The number of anilines is 1. The van der Waals surface area contributed by atoms with Crippen molar-refractivity contribution in [1.29, 1.82) is 0 Å². The van der Waals surface area contributed by atoms with Crippen molar-refractivity contribution in [2.75, 3.05) is 4.31 Å². The third kappa shape index (κ3) is 3.17. The average molecular weight is 550 g/mol. The van der Waals surface area contributed by atoms with Gasteiger partial charge in [0.1, 0.15) is 24.6 Å². The van der Waals surface area contributed by atoms with E-state index in [0.717, 1.165) is 10.9 Å². The number of carboxylic acid groups (broad SMARTS) is 1. The van der Waals surface area contributed by atoms with Gasteiger partial charge in [0.05, 0.1) is 41.7 Å². The number of carbonyl (C=O) groups is 2. The minimum absolute atomic E-state index is 0.115. The molecule has 3 aliphatic heterocycles. The van der Waals surface area contributed by atoms with Crippen LogP contribution in [0.15, 0.2) is 65.2 Å². The summed E-state index contributed by atoms with van der Waals surface area (Å²) in [6, 6.07) is 7.88. The number of nitrogens with zero attached hydrogens (tertiary/aromatic N) is 4. The maximum Gasteiger partial charge on any atom is 0.352 e. The average Bonchev–Trinajstić information content (AvgIpc) is 3.49. The Morgan fingerprint density at radius 2 is 2.00 bits per heavy atom. The molecule has 1 aromatic heterocycles. The van der Waals surface area contributed by atoms with Crippen LogP contribution in [0.2, 0.25) is 0 Å². The zero-order chi connectivity index (χ0) is 27.4. The van der Waals surface area contributed by atoms with Crippen molar-refractivity contribution >= 4 is 38.4 Å². The van der Waals surface area contributed by atoms with E-state index < -0.39 is 46.0 Å². The fraction of sp³-hybridized carbons (Fsp3) is 0.393. The van der Waals surface area contributed by atoms with Crippen LogP contribution in [0.1, 0.15) is 31.7 Å². The van der Waals surface area contributed by atoms with Gasteiger partial charge in [-0.2, -0.15) is 0 Å². The molecule has 0 spiro atoms. The second kappa shape index (κ2) is 8.15. The van der Waals surface area contributed by atoms with Crippen LogP contribution in [-0.4, -0.2) is 58.2 Å². The van der Waals surface area contributed by atoms with E-state index in [1.54, 1.807) is 19.1 Å². The Morgan fingerprint density at radius 1 is 1.21 bits per heavy atom. The third-order valence-electron chi connectivity index (χ3n) is 8.89. The summed E-state index contributed by atoms with van der Waals surface area (Å²) >= 11 is 0. The maximum atomic E-state index is 14.1. The van der Waals surface area contributed by atoms with Gasteiger partial charge in [-0.3, -0.25) is 9.10 Å². The Balaban J connectivity index is 1.37. The van der Waals surface area contributed by atoms with Crippen LogP contribution in [0.5, 0.6) is 0 Å². The van der Waals surface area contributed by atoms with Crippen LogP contribution in [0.25, 0.3) is 10.8 Å². The lowest BCUT2D eigenvalue weighted by Gasteiger charge is -2.48. The lowest BCUT2D eigenvalue weighted by Crippen LogP contribution is -2.64. The maximum absolute atomic E-state index is 14.1. The molecule has 0 bridgehead atoms. The van der Waals surface area contributed by atoms with E-state index in [9.17, 15) is 28.2 Å². The fourth-order valence-corrected chi connectivity index (χ4v) is 9.30. The van der Waals surface area contributed by atoms with Gasteiger partial charge in [-0.25, -0.2) is 22.3 Å². The van der Waals surface area contributed by atoms with E-state index in [0.29, 0.717) is 42.5 Å². The van der Waals surface area contributed by atoms with E-state index in [2.05, 4.69) is 0 Å². The molecule has 39 heavy (non-hydrogen) atoms. The summed E-state index contributed by atoms with van der Waals surface area (Å²) < 4.78 is 33.7. The predicted octanol–water partition coefficient (Wildman–Crippen LogP) is 1.75. The molecule has 1 saturated carbocycles. The second-order valence-corrected chi connectivity index (χ2v) is 12.9. The van der Waals surface area contributed by atoms with E-state index >= 15 is 0 Å². The van der Waals surface area contributed by atoms with Crippen LogP contribution < -0.4 is 8.87 Å².